The van der Waals surface area contributed by atoms with Crippen LogP contribution in [0.1, 0.15) is 18.0 Å². The smallest absolute Gasteiger partial charge is 0.318 e. The maximum Gasteiger partial charge on any atom is 0.318 e. The summed E-state index contributed by atoms with van der Waals surface area (Å²) < 4.78 is 19.3. The Kier molecular flexibility index (Phi) is 4.77. The summed E-state index contributed by atoms with van der Waals surface area (Å²) in [5, 5.41) is 8.47. The van der Waals surface area contributed by atoms with Crippen molar-refractivity contribution < 1.29 is 8.81 Å². The third-order valence-corrected chi connectivity index (χ3v) is 4.25. The zero-order chi connectivity index (χ0) is 16.4. The maximum absolute atomic E-state index is 13.9. The van der Waals surface area contributed by atoms with Crippen molar-refractivity contribution in [1.82, 2.24) is 20.1 Å². The highest BCUT2D eigenvalue weighted by Gasteiger charge is 2.35. The first-order valence-corrected chi connectivity index (χ1v) is 7.89. The Morgan fingerprint density at radius 2 is 2.30 bits per heavy atom. The van der Waals surface area contributed by atoms with Gasteiger partial charge in [0.25, 0.3) is 0 Å². The lowest BCUT2D eigenvalue weighted by molar-refractivity contribution is 0.285. The second-order valence-corrected chi connectivity index (χ2v) is 6.28. The average Bonchev–Trinajstić information content (AvgIpc) is 3.07. The van der Waals surface area contributed by atoms with Gasteiger partial charge in [0.1, 0.15) is 6.17 Å². The molecule has 1 aliphatic heterocycles. The monoisotopic (exact) mass is 339 g/mol. The Hall–Kier alpha value is -1.73. The van der Waals surface area contributed by atoms with E-state index in [0.29, 0.717) is 36.4 Å². The first kappa shape index (κ1) is 16.1. The van der Waals surface area contributed by atoms with Gasteiger partial charge in [0.15, 0.2) is 0 Å². The van der Waals surface area contributed by atoms with E-state index in [9.17, 15) is 4.39 Å². The number of hydrogen-bond donors (Lipinski definition) is 0. The molecule has 2 atom stereocenters. The molecule has 1 aliphatic rings. The highest BCUT2D eigenvalue weighted by atomic mass is 35.5. The molecule has 0 unspecified atom stereocenters. The van der Waals surface area contributed by atoms with E-state index in [-0.39, 0.29) is 12.6 Å². The maximum atomic E-state index is 13.9. The van der Waals surface area contributed by atoms with Crippen LogP contribution in [0.4, 0.5) is 10.4 Å². The summed E-state index contributed by atoms with van der Waals surface area (Å²) in [5.41, 5.74) is 0.812. The fraction of sp³-hybridized carbons (Fsp3) is 0.533. The molecule has 0 aromatic carbocycles. The van der Waals surface area contributed by atoms with E-state index < -0.39 is 6.17 Å². The molecule has 1 fully saturated rings. The highest BCUT2D eigenvalue weighted by molar-refractivity contribution is 6.31. The van der Waals surface area contributed by atoms with Crippen molar-refractivity contribution in [3.8, 4) is 0 Å². The summed E-state index contributed by atoms with van der Waals surface area (Å²) in [4.78, 5) is 8.21. The number of anilines is 1. The molecule has 0 N–H and O–H groups in total. The summed E-state index contributed by atoms with van der Waals surface area (Å²) >= 11 is 6.14. The van der Waals surface area contributed by atoms with Crippen LogP contribution < -0.4 is 4.90 Å². The van der Waals surface area contributed by atoms with Crippen LogP contribution in [-0.2, 0) is 6.54 Å². The molecule has 23 heavy (non-hydrogen) atoms. The quantitative estimate of drug-likeness (QED) is 0.834. The van der Waals surface area contributed by atoms with Gasteiger partial charge in [-0.15, -0.1) is 5.10 Å². The largest absolute Gasteiger partial charge is 0.408 e. The molecule has 0 aliphatic carbocycles. The minimum absolute atomic E-state index is 0.0164. The first-order chi connectivity index (χ1) is 11.0. The molecule has 3 rings (SSSR count). The van der Waals surface area contributed by atoms with Crippen molar-refractivity contribution in [2.24, 2.45) is 0 Å². The standard InChI is InChI=1S/C15H19ClFN5O/c1-10-19-20-15(23-10)22-7-11(17)6-12(22)8-21(2)9-14-13(16)4-3-5-18-14/h3-5,11-12H,6-9H2,1-2H3/t11-,12-/m0/s1. The molecule has 0 bridgehead atoms. The Bertz CT molecular complexity index is 667. The molecule has 2 aromatic heterocycles. The van der Waals surface area contributed by atoms with Crippen LogP contribution in [0.25, 0.3) is 0 Å². The normalized spacial score (nSPS) is 21.3. The number of aryl methyl sites for hydroxylation is 1. The van der Waals surface area contributed by atoms with Gasteiger partial charge in [-0.25, -0.2) is 4.39 Å². The van der Waals surface area contributed by atoms with Crippen LogP contribution in [-0.4, -0.2) is 52.4 Å². The van der Waals surface area contributed by atoms with Gasteiger partial charge in [-0.05, 0) is 19.2 Å². The molecule has 1 saturated heterocycles. The lowest BCUT2D eigenvalue weighted by Crippen LogP contribution is -2.39. The highest BCUT2D eigenvalue weighted by Crippen LogP contribution is 2.27. The molecule has 8 heteroatoms. The van der Waals surface area contributed by atoms with Crippen molar-refractivity contribution in [3.05, 3.63) is 34.9 Å². The Balaban J connectivity index is 1.66. The summed E-state index contributed by atoms with van der Waals surface area (Å²) in [7, 11) is 1.97. The van der Waals surface area contributed by atoms with E-state index in [1.54, 1.807) is 19.2 Å². The van der Waals surface area contributed by atoms with Gasteiger partial charge in [-0.2, -0.15) is 0 Å². The number of aromatic nitrogens is 3. The SMILES string of the molecule is Cc1nnc(N2C[C@@H](F)C[C@H]2CN(C)Cc2ncccc2Cl)o1. The van der Waals surface area contributed by atoms with Crippen LogP contribution in [0.5, 0.6) is 0 Å². The van der Waals surface area contributed by atoms with E-state index in [2.05, 4.69) is 20.1 Å². The van der Waals surface area contributed by atoms with Gasteiger partial charge in [-0.1, -0.05) is 16.7 Å². The average molecular weight is 340 g/mol. The molecule has 0 amide bonds. The third-order valence-electron chi connectivity index (χ3n) is 3.90. The summed E-state index contributed by atoms with van der Waals surface area (Å²) in [5.74, 6) is 0.481. The summed E-state index contributed by atoms with van der Waals surface area (Å²) in [6, 6.07) is 3.99. The Morgan fingerprint density at radius 1 is 1.48 bits per heavy atom. The van der Waals surface area contributed by atoms with E-state index in [1.165, 1.54) is 0 Å². The van der Waals surface area contributed by atoms with Gasteiger partial charge < -0.3 is 9.32 Å². The minimum atomic E-state index is -0.890. The molecule has 0 saturated carbocycles. The van der Waals surface area contributed by atoms with Gasteiger partial charge in [0.05, 0.1) is 17.3 Å². The predicted octanol–water partition coefficient (Wildman–Crippen LogP) is 2.48. The van der Waals surface area contributed by atoms with Crippen LogP contribution in [0.3, 0.4) is 0 Å². The fourth-order valence-corrected chi connectivity index (χ4v) is 3.07. The number of hydrogen-bond acceptors (Lipinski definition) is 6. The molecular weight excluding hydrogens is 321 g/mol. The molecule has 6 nitrogen and oxygen atoms in total. The van der Waals surface area contributed by atoms with Gasteiger partial charge in [-0.3, -0.25) is 9.88 Å². The van der Waals surface area contributed by atoms with Crippen LogP contribution in [0, 0.1) is 6.92 Å². The van der Waals surface area contributed by atoms with Crippen molar-refractivity contribution in [2.45, 2.75) is 32.1 Å². The number of rotatable bonds is 5. The fourth-order valence-electron chi connectivity index (χ4n) is 2.88. The Morgan fingerprint density at radius 3 is 3.00 bits per heavy atom. The van der Waals surface area contributed by atoms with E-state index in [4.69, 9.17) is 16.0 Å². The molecular formula is C15H19ClFN5O. The minimum Gasteiger partial charge on any atom is -0.408 e. The van der Waals surface area contributed by atoms with E-state index in [0.717, 1.165) is 5.69 Å². The van der Waals surface area contributed by atoms with Gasteiger partial charge in [0, 0.05) is 38.7 Å². The van der Waals surface area contributed by atoms with Crippen molar-refractivity contribution >= 4 is 17.6 Å². The van der Waals surface area contributed by atoms with Crippen LogP contribution in [0.15, 0.2) is 22.7 Å². The second-order valence-electron chi connectivity index (χ2n) is 5.87. The van der Waals surface area contributed by atoms with Gasteiger partial charge >= 0.3 is 6.01 Å². The topological polar surface area (TPSA) is 58.3 Å². The first-order valence-electron chi connectivity index (χ1n) is 7.51. The van der Waals surface area contributed by atoms with Crippen molar-refractivity contribution in [1.29, 1.82) is 0 Å². The molecule has 124 valence electrons. The number of alkyl halides is 1. The number of pyridine rings is 1. The zero-order valence-electron chi connectivity index (χ0n) is 13.1. The zero-order valence-corrected chi connectivity index (χ0v) is 13.9. The summed E-state index contributed by atoms with van der Waals surface area (Å²) in [6.07, 6.45) is 1.27. The molecule has 0 radical (unpaired) electrons. The van der Waals surface area contributed by atoms with Crippen molar-refractivity contribution in [3.63, 3.8) is 0 Å². The van der Waals surface area contributed by atoms with E-state index >= 15 is 0 Å². The number of likely N-dealkylation sites (N-methyl/N-ethyl adjacent to an activating group) is 1. The summed E-state index contributed by atoms with van der Waals surface area (Å²) in [6.45, 7) is 3.27. The second kappa shape index (κ2) is 6.80. The van der Waals surface area contributed by atoms with Crippen molar-refractivity contribution in [2.75, 3.05) is 25.0 Å². The lowest BCUT2D eigenvalue weighted by Gasteiger charge is -2.26. The van der Waals surface area contributed by atoms with E-state index in [1.807, 2.05) is 18.0 Å². The molecule has 0 spiro atoms. The van der Waals surface area contributed by atoms with Crippen LogP contribution in [0.2, 0.25) is 5.02 Å². The molecule has 2 aromatic rings. The third kappa shape index (κ3) is 3.79. The number of halogens is 2. The predicted molar refractivity (Wildman–Crippen MR) is 85.3 cm³/mol. The lowest BCUT2D eigenvalue weighted by atomic mass is 10.2. The Labute approximate surface area is 139 Å². The van der Waals surface area contributed by atoms with Crippen LogP contribution >= 0.6 is 11.6 Å². The van der Waals surface area contributed by atoms with Gasteiger partial charge in [0.2, 0.25) is 5.89 Å². The molecule has 3 heterocycles. The number of nitrogens with zero attached hydrogens (tertiary/aromatic N) is 5.